The van der Waals surface area contributed by atoms with Crippen LogP contribution in [0.4, 0.5) is 0 Å². The normalized spacial score (nSPS) is 9.60. The topological polar surface area (TPSA) is 57.5 Å². The van der Waals surface area contributed by atoms with Gasteiger partial charge in [-0.1, -0.05) is 24.3 Å². The summed E-state index contributed by atoms with van der Waals surface area (Å²) in [6.07, 6.45) is 0. The summed E-state index contributed by atoms with van der Waals surface area (Å²) in [6, 6.07) is 10.2. The van der Waals surface area contributed by atoms with Crippen molar-refractivity contribution in [3.05, 3.63) is 42.0 Å². The molecule has 2 aromatic carbocycles. The predicted molar refractivity (Wildman–Crippen MR) is 52.6 cm³/mol. The molecule has 0 unspecified atom stereocenters. The van der Waals surface area contributed by atoms with Crippen LogP contribution in [0.2, 0.25) is 0 Å². The molecule has 0 heterocycles. The molecule has 0 aliphatic carbocycles. The fourth-order valence-corrected chi connectivity index (χ4v) is 1.40. The van der Waals surface area contributed by atoms with Gasteiger partial charge < -0.3 is 10.2 Å². The van der Waals surface area contributed by atoms with Gasteiger partial charge in [0.25, 0.3) is 0 Å². The van der Waals surface area contributed by atoms with Crippen LogP contribution in [0.1, 0.15) is 10.4 Å². The van der Waals surface area contributed by atoms with E-state index >= 15 is 0 Å². The van der Waals surface area contributed by atoms with E-state index < -0.39 is 5.97 Å². The van der Waals surface area contributed by atoms with Gasteiger partial charge in [-0.2, -0.15) is 0 Å². The molecule has 2 aromatic rings. The van der Waals surface area contributed by atoms with Crippen LogP contribution in [-0.2, 0) is 19.5 Å². The molecule has 3 nitrogen and oxygen atoms in total. The first-order valence-electron chi connectivity index (χ1n) is 4.13. The van der Waals surface area contributed by atoms with Gasteiger partial charge >= 0.3 is 5.97 Å². The van der Waals surface area contributed by atoms with Crippen molar-refractivity contribution in [2.24, 2.45) is 0 Å². The van der Waals surface area contributed by atoms with E-state index in [0.717, 1.165) is 10.8 Å². The fourth-order valence-electron chi connectivity index (χ4n) is 1.40. The van der Waals surface area contributed by atoms with E-state index in [9.17, 15) is 9.90 Å². The number of rotatable bonds is 1. The minimum atomic E-state index is -1.12. The van der Waals surface area contributed by atoms with Gasteiger partial charge in [0.15, 0.2) is 0 Å². The number of carbonyl (C=O) groups is 1. The van der Waals surface area contributed by atoms with Gasteiger partial charge in [-0.15, -0.1) is 0 Å². The number of benzene rings is 2. The summed E-state index contributed by atoms with van der Waals surface area (Å²) in [4.78, 5) is 10.7. The second kappa shape index (κ2) is 4.41. The molecule has 0 spiro atoms. The molecule has 0 radical (unpaired) electrons. The standard InChI is InChI=1S/C11H8O3.Zn/c12-10-6-8-4-2-1-3-7(8)5-9(10)11(13)14;/h1-6,12H,(H,13,14);. The van der Waals surface area contributed by atoms with Crippen molar-refractivity contribution in [1.82, 2.24) is 0 Å². The second-order valence-electron chi connectivity index (χ2n) is 3.02. The van der Waals surface area contributed by atoms with Crippen LogP contribution in [0.25, 0.3) is 10.8 Å². The van der Waals surface area contributed by atoms with E-state index in [1.807, 2.05) is 18.2 Å². The van der Waals surface area contributed by atoms with E-state index in [-0.39, 0.29) is 30.8 Å². The summed E-state index contributed by atoms with van der Waals surface area (Å²) >= 11 is 0. The van der Waals surface area contributed by atoms with Gasteiger partial charge in [-0.05, 0) is 22.9 Å². The smallest absolute Gasteiger partial charge is 0.339 e. The minimum absolute atomic E-state index is 0. The first-order valence-corrected chi connectivity index (χ1v) is 4.13. The van der Waals surface area contributed by atoms with Crippen LogP contribution in [-0.4, -0.2) is 16.2 Å². The Morgan fingerprint density at radius 1 is 1.07 bits per heavy atom. The van der Waals surface area contributed by atoms with Crippen molar-refractivity contribution in [1.29, 1.82) is 0 Å². The molecule has 2 rings (SSSR count). The van der Waals surface area contributed by atoms with Gasteiger partial charge in [0.05, 0.1) is 0 Å². The molecule has 0 bridgehead atoms. The Bertz CT molecular complexity index is 508. The first kappa shape index (κ1) is 11.7. The molecule has 0 saturated heterocycles. The Balaban J connectivity index is 0.00000112. The molecule has 15 heavy (non-hydrogen) atoms. The zero-order chi connectivity index (χ0) is 10.1. The Hall–Kier alpha value is -1.41. The Labute approximate surface area is 99.1 Å². The minimum Gasteiger partial charge on any atom is -0.507 e. The van der Waals surface area contributed by atoms with Crippen molar-refractivity contribution >= 4 is 16.7 Å². The Kier molecular flexibility index (Phi) is 3.43. The van der Waals surface area contributed by atoms with Crippen LogP contribution in [0, 0.1) is 0 Å². The summed E-state index contributed by atoms with van der Waals surface area (Å²) in [5.41, 5.74) is -0.0660. The summed E-state index contributed by atoms with van der Waals surface area (Å²) in [6.45, 7) is 0. The number of carboxylic acids is 1. The zero-order valence-electron chi connectivity index (χ0n) is 7.97. The van der Waals surface area contributed by atoms with Crippen LogP contribution in [0.3, 0.4) is 0 Å². The molecule has 0 aliphatic rings. The molecule has 0 aromatic heterocycles. The summed E-state index contributed by atoms with van der Waals surface area (Å²) < 4.78 is 0. The second-order valence-corrected chi connectivity index (χ2v) is 3.02. The van der Waals surface area contributed by atoms with Crippen LogP contribution < -0.4 is 0 Å². The number of phenols is 1. The quantitative estimate of drug-likeness (QED) is 0.767. The van der Waals surface area contributed by atoms with Gasteiger partial charge in [-0.3, -0.25) is 0 Å². The third-order valence-electron chi connectivity index (χ3n) is 2.09. The average molecular weight is 254 g/mol. The van der Waals surface area contributed by atoms with Crippen LogP contribution in [0.5, 0.6) is 5.75 Å². The maximum absolute atomic E-state index is 10.7. The van der Waals surface area contributed by atoms with E-state index in [1.165, 1.54) is 12.1 Å². The van der Waals surface area contributed by atoms with Crippen molar-refractivity contribution in [3.8, 4) is 5.75 Å². The summed E-state index contributed by atoms with van der Waals surface area (Å²) in [5.74, 6) is -1.32. The van der Waals surface area contributed by atoms with E-state index in [0.29, 0.717) is 0 Å². The van der Waals surface area contributed by atoms with Crippen molar-refractivity contribution in [2.75, 3.05) is 0 Å². The largest absolute Gasteiger partial charge is 0.507 e. The van der Waals surface area contributed by atoms with Crippen LogP contribution >= 0.6 is 0 Å². The maximum Gasteiger partial charge on any atom is 0.339 e. The van der Waals surface area contributed by atoms with E-state index in [2.05, 4.69) is 0 Å². The van der Waals surface area contributed by atoms with Gasteiger partial charge in [-0.25, -0.2) is 4.79 Å². The number of aromatic carboxylic acids is 1. The summed E-state index contributed by atoms with van der Waals surface area (Å²) in [7, 11) is 0. The number of carboxylic acid groups (broad SMARTS) is 1. The van der Waals surface area contributed by atoms with E-state index in [4.69, 9.17) is 5.11 Å². The predicted octanol–water partition coefficient (Wildman–Crippen LogP) is 2.24. The Morgan fingerprint density at radius 3 is 2.13 bits per heavy atom. The molecule has 0 amide bonds. The SMILES string of the molecule is O=C(O)c1cc2ccccc2cc1O.[Zn]. The van der Waals surface area contributed by atoms with Crippen molar-refractivity contribution in [3.63, 3.8) is 0 Å². The van der Waals surface area contributed by atoms with Gasteiger partial charge in [0, 0.05) is 19.5 Å². The van der Waals surface area contributed by atoms with Crippen molar-refractivity contribution < 1.29 is 34.5 Å². The van der Waals surface area contributed by atoms with Gasteiger partial charge in [0.1, 0.15) is 11.3 Å². The molecule has 0 aliphatic heterocycles. The van der Waals surface area contributed by atoms with Crippen LogP contribution in [0.15, 0.2) is 36.4 Å². The number of hydrogen-bond donors (Lipinski definition) is 2. The zero-order valence-corrected chi connectivity index (χ0v) is 10.9. The number of aromatic hydroxyl groups is 1. The molecular formula is C11H8O3Zn. The molecule has 2 N–H and O–H groups in total. The first-order chi connectivity index (χ1) is 6.68. The summed E-state index contributed by atoms with van der Waals surface area (Å²) in [5, 5.41) is 19.8. The molecule has 72 valence electrons. The van der Waals surface area contributed by atoms with Crippen molar-refractivity contribution in [2.45, 2.75) is 0 Å². The number of fused-ring (bicyclic) bond motifs is 1. The van der Waals surface area contributed by atoms with E-state index in [1.54, 1.807) is 6.07 Å². The Morgan fingerprint density at radius 2 is 1.60 bits per heavy atom. The third kappa shape index (κ3) is 2.16. The maximum atomic E-state index is 10.7. The third-order valence-corrected chi connectivity index (χ3v) is 2.09. The molecule has 0 atom stereocenters. The molecule has 4 heteroatoms. The number of hydrogen-bond acceptors (Lipinski definition) is 2. The molecule has 0 saturated carbocycles. The molecular weight excluding hydrogens is 246 g/mol. The average Bonchev–Trinajstić information content (AvgIpc) is 2.16. The molecule has 0 fully saturated rings. The van der Waals surface area contributed by atoms with Gasteiger partial charge in [0.2, 0.25) is 0 Å². The fraction of sp³-hybridized carbons (Fsp3) is 0. The monoisotopic (exact) mass is 252 g/mol.